The van der Waals surface area contributed by atoms with Gasteiger partial charge in [0.2, 0.25) is 20.0 Å². The zero-order chi connectivity index (χ0) is 35.7. The van der Waals surface area contributed by atoms with Crippen molar-refractivity contribution in [3.63, 3.8) is 0 Å². The first-order valence-electron chi connectivity index (χ1n) is 17.0. The first kappa shape index (κ1) is 37.0. The van der Waals surface area contributed by atoms with Crippen LogP contribution in [0.5, 0.6) is 5.75 Å². The van der Waals surface area contributed by atoms with Crippen molar-refractivity contribution in [3.8, 4) is 5.75 Å². The number of amides is 1. The third-order valence-corrected chi connectivity index (χ3v) is 14.0. The van der Waals surface area contributed by atoms with Crippen molar-refractivity contribution in [3.05, 3.63) is 93.5 Å². The third kappa shape index (κ3) is 7.29. The highest BCUT2D eigenvalue weighted by atomic mass is 35.5. The smallest absolute Gasteiger partial charge is 0.262 e. The molecule has 3 atom stereocenters. The second-order valence-corrected chi connectivity index (χ2v) is 17.8. The van der Waals surface area contributed by atoms with Gasteiger partial charge in [-0.05, 0) is 80.3 Å². The standard InChI is InChI=1S/C35H43Cl2N5O6S2/c1-3-48-31-17-16-29(50(46,47)42-18-6-5-7-19-42)24-30(31)35(34(43)40-20-22-41(23-21-40)49(44,45)4-2)38-32(25-8-12-27(36)13-9-25)33(39-35)26-10-14-28(37)15-11-26/h8-17,24,32-33,38-39H,3-7,18-23H2,1-2H3/t32-,33+,35?. The van der Waals surface area contributed by atoms with Crippen molar-refractivity contribution in [2.75, 3.05) is 51.6 Å². The number of carbonyl (C=O) groups is 1. The molecule has 0 aromatic heterocycles. The quantitative estimate of drug-likeness (QED) is 0.299. The Kier molecular flexibility index (Phi) is 11.2. The molecule has 3 aliphatic rings. The number of rotatable bonds is 10. The molecule has 1 amide bonds. The van der Waals surface area contributed by atoms with Crippen LogP contribution in [-0.4, -0.2) is 87.9 Å². The van der Waals surface area contributed by atoms with Gasteiger partial charge in [-0.2, -0.15) is 8.61 Å². The van der Waals surface area contributed by atoms with E-state index in [0.29, 0.717) is 34.4 Å². The molecule has 0 bridgehead atoms. The number of halogens is 2. The second-order valence-electron chi connectivity index (χ2n) is 12.7. The Morgan fingerprint density at radius 2 is 1.30 bits per heavy atom. The largest absolute Gasteiger partial charge is 0.493 e. The van der Waals surface area contributed by atoms with Crippen LogP contribution in [0.4, 0.5) is 0 Å². The monoisotopic (exact) mass is 763 g/mol. The molecule has 15 heteroatoms. The van der Waals surface area contributed by atoms with Gasteiger partial charge in [0, 0.05) is 54.9 Å². The van der Waals surface area contributed by atoms with Crippen LogP contribution in [0.2, 0.25) is 10.0 Å². The summed E-state index contributed by atoms with van der Waals surface area (Å²) in [5.41, 5.74) is 0.301. The fourth-order valence-corrected chi connectivity index (χ4v) is 9.93. The summed E-state index contributed by atoms with van der Waals surface area (Å²) in [4.78, 5) is 16.9. The van der Waals surface area contributed by atoms with Crippen molar-refractivity contribution in [2.24, 2.45) is 0 Å². The van der Waals surface area contributed by atoms with Crippen LogP contribution >= 0.6 is 23.2 Å². The fourth-order valence-electron chi connectivity index (χ4n) is 7.05. The van der Waals surface area contributed by atoms with E-state index in [9.17, 15) is 16.8 Å². The van der Waals surface area contributed by atoms with Crippen LogP contribution in [0.15, 0.2) is 71.6 Å². The molecular formula is C35H43Cl2N5O6S2. The minimum atomic E-state index is -3.90. The average Bonchev–Trinajstić information content (AvgIpc) is 3.54. The van der Waals surface area contributed by atoms with Gasteiger partial charge in [0.25, 0.3) is 5.91 Å². The highest BCUT2D eigenvalue weighted by Gasteiger charge is 2.55. The summed E-state index contributed by atoms with van der Waals surface area (Å²) >= 11 is 12.6. The van der Waals surface area contributed by atoms with E-state index in [1.807, 2.05) is 31.2 Å². The number of nitrogens with zero attached hydrogens (tertiary/aromatic N) is 3. The number of hydrogen-bond donors (Lipinski definition) is 2. The lowest BCUT2D eigenvalue weighted by molar-refractivity contribution is -0.141. The van der Waals surface area contributed by atoms with E-state index in [4.69, 9.17) is 27.9 Å². The van der Waals surface area contributed by atoms with Gasteiger partial charge in [-0.15, -0.1) is 0 Å². The average molecular weight is 765 g/mol. The number of ether oxygens (including phenoxy) is 1. The molecule has 1 unspecified atom stereocenters. The minimum absolute atomic E-state index is 0.0322. The maximum atomic E-state index is 15.2. The number of sulfonamides is 2. The van der Waals surface area contributed by atoms with Gasteiger partial charge in [0.05, 0.1) is 29.3 Å². The molecule has 3 fully saturated rings. The van der Waals surface area contributed by atoms with Crippen LogP contribution in [0.3, 0.4) is 0 Å². The summed E-state index contributed by atoms with van der Waals surface area (Å²) in [5.74, 6) is -0.0672. The molecule has 3 saturated heterocycles. The van der Waals surface area contributed by atoms with Gasteiger partial charge in [-0.25, -0.2) is 16.8 Å². The van der Waals surface area contributed by atoms with E-state index in [1.54, 1.807) is 48.2 Å². The number of hydrogen-bond acceptors (Lipinski definition) is 8. The van der Waals surface area contributed by atoms with Crippen molar-refractivity contribution in [1.29, 1.82) is 0 Å². The Morgan fingerprint density at radius 3 is 1.80 bits per heavy atom. The molecule has 0 spiro atoms. The summed E-state index contributed by atoms with van der Waals surface area (Å²) in [5, 5.41) is 8.37. The fraction of sp³-hybridized carbons (Fsp3) is 0.457. The van der Waals surface area contributed by atoms with E-state index >= 15 is 4.79 Å². The molecule has 3 aromatic carbocycles. The molecular weight excluding hydrogens is 721 g/mol. The van der Waals surface area contributed by atoms with Gasteiger partial charge < -0.3 is 9.64 Å². The maximum Gasteiger partial charge on any atom is 0.262 e. The van der Waals surface area contributed by atoms with Crippen LogP contribution in [0, 0.1) is 0 Å². The van der Waals surface area contributed by atoms with Crippen LogP contribution in [0.25, 0.3) is 0 Å². The SMILES string of the molecule is CCOc1ccc(S(=O)(=O)N2CCCCC2)cc1C1(C(=O)N2CCN(S(=O)(=O)CC)CC2)N[C@H](c2ccc(Cl)cc2)[C@H](c2ccc(Cl)cc2)N1. The molecule has 2 N–H and O–H groups in total. The van der Waals surface area contributed by atoms with Crippen molar-refractivity contribution >= 4 is 49.2 Å². The van der Waals surface area contributed by atoms with E-state index in [-0.39, 0.29) is 49.3 Å². The lowest BCUT2D eigenvalue weighted by Crippen LogP contribution is -2.62. The minimum Gasteiger partial charge on any atom is -0.493 e. The molecule has 50 heavy (non-hydrogen) atoms. The Labute approximate surface area is 305 Å². The Bertz CT molecular complexity index is 1840. The zero-order valence-electron chi connectivity index (χ0n) is 28.1. The molecule has 0 aliphatic carbocycles. The number of carbonyl (C=O) groups excluding carboxylic acids is 1. The van der Waals surface area contributed by atoms with Gasteiger partial charge >= 0.3 is 0 Å². The Morgan fingerprint density at radius 1 is 0.760 bits per heavy atom. The molecule has 270 valence electrons. The van der Waals surface area contributed by atoms with Crippen LogP contribution < -0.4 is 15.4 Å². The predicted molar refractivity (Wildman–Crippen MR) is 194 cm³/mol. The summed E-state index contributed by atoms with van der Waals surface area (Å²) in [6, 6.07) is 18.4. The van der Waals surface area contributed by atoms with E-state index in [2.05, 4.69) is 10.6 Å². The highest BCUT2D eigenvalue weighted by Crippen LogP contribution is 2.45. The maximum absolute atomic E-state index is 15.2. The van der Waals surface area contributed by atoms with Crippen molar-refractivity contribution in [1.82, 2.24) is 24.1 Å². The molecule has 0 saturated carbocycles. The lowest BCUT2D eigenvalue weighted by Gasteiger charge is -2.40. The molecule has 0 radical (unpaired) electrons. The topological polar surface area (TPSA) is 128 Å². The molecule has 3 aliphatic heterocycles. The Hall–Kier alpha value is -2.75. The lowest BCUT2D eigenvalue weighted by atomic mass is 9.95. The van der Waals surface area contributed by atoms with Crippen molar-refractivity contribution < 1.29 is 26.4 Å². The number of benzene rings is 3. The zero-order valence-corrected chi connectivity index (χ0v) is 31.3. The normalized spacial score (nSPS) is 24.0. The van der Waals surface area contributed by atoms with Crippen LogP contribution in [-0.2, 0) is 30.5 Å². The first-order valence-corrected chi connectivity index (χ1v) is 20.8. The summed E-state index contributed by atoms with van der Waals surface area (Å²) < 4.78 is 62.5. The number of piperidine rings is 1. The predicted octanol–water partition coefficient (Wildman–Crippen LogP) is 4.89. The third-order valence-electron chi connectivity index (χ3n) is 9.75. The van der Waals surface area contributed by atoms with E-state index in [0.717, 1.165) is 30.4 Å². The van der Waals surface area contributed by atoms with Gasteiger partial charge in [0.1, 0.15) is 5.75 Å². The molecule has 3 heterocycles. The van der Waals surface area contributed by atoms with Crippen molar-refractivity contribution in [2.45, 2.75) is 55.8 Å². The first-order chi connectivity index (χ1) is 23.9. The molecule has 6 rings (SSSR count). The number of piperazine rings is 1. The van der Waals surface area contributed by atoms with Crippen LogP contribution in [0.1, 0.15) is 61.9 Å². The molecule has 3 aromatic rings. The summed E-state index contributed by atoms with van der Waals surface area (Å²) in [7, 11) is -7.35. The van der Waals surface area contributed by atoms with E-state index < -0.39 is 37.8 Å². The van der Waals surface area contributed by atoms with Gasteiger partial charge in [0.15, 0.2) is 5.66 Å². The molecule has 11 nitrogen and oxygen atoms in total. The summed E-state index contributed by atoms with van der Waals surface area (Å²) in [6.45, 7) is 5.12. The highest BCUT2D eigenvalue weighted by molar-refractivity contribution is 7.89. The summed E-state index contributed by atoms with van der Waals surface area (Å²) in [6.07, 6.45) is 2.52. The second kappa shape index (κ2) is 15.1. The van der Waals surface area contributed by atoms with Gasteiger partial charge in [-0.3, -0.25) is 15.4 Å². The number of nitrogens with one attached hydrogen (secondary N) is 2. The van der Waals surface area contributed by atoms with E-state index in [1.165, 1.54) is 14.7 Å². The Balaban J connectivity index is 1.51. The van der Waals surface area contributed by atoms with Gasteiger partial charge in [-0.1, -0.05) is 53.9 Å².